The van der Waals surface area contributed by atoms with Gasteiger partial charge in [-0.2, -0.15) is 0 Å². The lowest BCUT2D eigenvalue weighted by molar-refractivity contribution is 0.104. The second-order valence-corrected chi connectivity index (χ2v) is 6.15. The summed E-state index contributed by atoms with van der Waals surface area (Å²) in [4.78, 5) is 6.20. The number of nitrogens with two attached hydrogens (primary N) is 1. The Morgan fingerprint density at radius 1 is 1.47 bits per heavy atom. The van der Waals surface area contributed by atoms with Crippen molar-refractivity contribution >= 4 is 11.3 Å². The number of piperazine rings is 1. The topological polar surface area (TPSA) is 32.5 Å². The minimum absolute atomic E-state index is 0.189. The number of thiophene rings is 1. The molecule has 2 heterocycles. The molecule has 2 unspecified atom stereocenters. The van der Waals surface area contributed by atoms with Crippen LogP contribution in [0, 0.1) is 6.92 Å². The Kier molecular flexibility index (Phi) is 4.20. The van der Waals surface area contributed by atoms with E-state index in [9.17, 15) is 0 Å². The summed E-state index contributed by atoms with van der Waals surface area (Å²) in [7, 11) is 4.41. The standard InChI is InChI=1S/C13H23N3S/c1-10-4-7-17-13(10)12(14)8-11-9-15(2)5-6-16(11)3/h4,7,11-12H,5-6,8-9,14H2,1-3H3. The molecule has 3 nitrogen and oxygen atoms in total. The quantitative estimate of drug-likeness (QED) is 0.890. The summed E-state index contributed by atoms with van der Waals surface area (Å²) in [6.45, 7) is 5.61. The minimum Gasteiger partial charge on any atom is -0.323 e. The van der Waals surface area contributed by atoms with Crippen molar-refractivity contribution in [2.75, 3.05) is 33.7 Å². The van der Waals surface area contributed by atoms with Gasteiger partial charge < -0.3 is 15.5 Å². The van der Waals surface area contributed by atoms with Gasteiger partial charge in [-0.1, -0.05) is 0 Å². The molecule has 1 aliphatic rings. The summed E-state index contributed by atoms with van der Waals surface area (Å²) in [6.07, 6.45) is 1.06. The van der Waals surface area contributed by atoms with Gasteiger partial charge in [0.1, 0.15) is 0 Å². The van der Waals surface area contributed by atoms with E-state index >= 15 is 0 Å². The van der Waals surface area contributed by atoms with E-state index in [1.807, 2.05) is 0 Å². The van der Waals surface area contributed by atoms with E-state index in [1.165, 1.54) is 17.0 Å². The highest BCUT2D eigenvalue weighted by Crippen LogP contribution is 2.27. The summed E-state index contributed by atoms with van der Waals surface area (Å²) in [5.74, 6) is 0. The highest BCUT2D eigenvalue weighted by Gasteiger charge is 2.25. The fourth-order valence-electron chi connectivity index (χ4n) is 2.52. The molecule has 0 radical (unpaired) electrons. The highest BCUT2D eigenvalue weighted by atomic mass is 32.1. The summed E-state index contributed by atoms with van der Waals surface area (Å²) in [5.41, 5.74) is 7.69. The Morgan fingerprint density at radius 2 is 2.24 bits per heavy atom. The first kappa shape index (κ1) is 13.0. The van der Waals surface area contributed by atoms with Crippen LogP contribution in [0.5, 0.6) is 0 Å². The molecule has 2 N–H and O–H groups in total. The lowest BCUT2D eigenvalue weighted by Gasteiger charge is -2.38. The van der Waals surface area contributed by atoms with Gasteiger partial charge in [0.05, 0.1) is 0 Å². The van der Waals surface area contributed by atoms with Crippen LogP contribution >= 0.6 is 11.3 Å². The first-order valence-electron chi connectivity index (χ1n) is 6.26. The maximum Gasteiger partial charge on any atom is 0.0407 e. The Morgan fingerprint density at radius 3 is 2.88 bits per heavy atom. The monoisotopic (exact) mass is 253 g/mol. The Hall–Kier alpha value is -0.420. The van der Waals surface area contributed by atoms with Crippen molar-refractivity contribution in [2.24, 2.45) is 5.73 Å². The first-order valence-corrected chi connectivity index (χ1v) is 7.14. The molecule has 2 rings (SSSR count). The fourth-order valence-corrected chi connectivity index (χ4v) is 3.46. The van der Waals surface area contributed by atoms with Gasteiger partial charge in [0.2, 0.25) is 0 Å². The van der Waals surface area contributed by atoms with Crippen LogP contribution in [0.25, 0.3) is 0 Å². The van der Waals surface area contributed by atoms with Crippen molar-refractivity contribution in [1.29, 1.82) is 0 Å². The number of rotatable bonds is 3. The number of nitrogens with zero attached hydrogens (tertiary/aromatic N) is 2. The Labute approximate surface area is 108 Å². The summed E-state index contributed by atoms with van der Waals surface area (Å²) < 4.78 is 0. The third-order valence-corrected chi connectivity index (χ3v) is 4.90. The van der Waals surface area contributed by atoms with Crippen molar-refractivity contribution in [2.45, 2.75) is 25.4 Å². The van der Waals surface area contributed by atoms with Gasteiger partial charge in [0.15, 0.2) is 0 Å². The van der Waals surface area contributed by atoms with Crippen LogP contribution in [-0.4, -0.2) is 49.6 Å². The second-order valence-electron chi connectivity index (χ2n) is 5.21. The van der Waals surface area contributed by atoms with Crippen molar-refractivity contribution in [3.63, 3.8) is 0 Å². The average Bonchev–Trinajstić information content (AvgIpc) is 2.70. The molecular formula is C13H23N3S. The molecule has 0 aromatic carbocycles. The Bertz CT molecular complexity index is 363. The smallest absolute Gasteiger partial charge is 0.0407 e. The molecule has 17 heavy (non-hydrogen) atoms. The predicted molar refractivity (Wildman–Crippen MR) is 74.5 cm³/mol. The largest absolute Gasteiger partial charge is 0.323 e. The highest BCUT2D eigenvalue weighted by molar-refractivity contribution is 7.10. The molecule has 0 spiro atoms. The molecule has 1 fully saturated rings. The summed E-state index contributed by atoms with van der Waals surface area (Å²) in [6, 6.07) is 2.94. The zero-order chi connectivity index (χ0) is 12.4. The lowest BCUT2D eigenvalue weighted by atomic mass is 10.0. The van der Waals surface area contributed by atoms with Crippen LogP contribution in [0.4, 0.5) is 0 Å². The molecule has 0 aliphatic carbocycles. The van der Waals surface area contributed by atoms with Crippen molar-refractivity contribution in [1.82, 2.24) is 9.80 Å². The van der Waals surface area contributed by atoms with E-state index in [1.54, 1.807) is 11.3 Å². The van der Waals surface area contributed by atoms with Gasteiger partial charge in [-0.25, -0.2) is 0 Å². The molecule has 0 bridgehead atoms. The van der Waals surface area contributed by atoms with E-state index in [4.69, 9.17) is 5.73 Å². The number of hydrogen-bond acceptors (Lipinski definition) is 4. The number of hydrogen-bond donors (Lipinski definition) is 1. The van der Waals surface area contributed by atoms with Crippen LogP contribution in [0.3, 0.4) is 0 Å². The van der Waals surface area contributed by atoms with Crippen molar-refractivity contribution in [3.05, 3.63) is 21.9 Å². The van der Waals surface area contributed by atoms with E-state index in [2.05, 4.69) is 42.3 Å². The van der Waals surface area contributed by atoms with Gasteiger partial charge in [0.25, 0.3) is 0 Å². The van der Waals surface area contributed by atoms with Gasteiger partial charge in [-0.3, -0.25) is 0 Å². The number of aryl methyl sites for hydroxylation is 1. The molecule has 0 amide bonds. The average molecular weight is 253 g/mol. The van der Waals surface area contributed by atoms with Gasteiger partial charge in [-0.15, -0.1) is 11.3 Å². The maximum atomic E-state index is 6.34. The van der Waals surface area contributed by atoms with E-state index in [0.717, 1.165) is 19.5 Å². The van der Waals surface area contributed by atoms with Gasteiger partial charge in [0, 0.05) is 36.6 Å². The molecule has 2 atom stereocenters. The normalized spacial score (nSPS) is 25.1. The zero-order valence-electron chi connectivity index (χ0n) is 11.0. The Balaban J connectivity index is 1.98. The molecule has 1 aromatic heterocycles. The van der Waals surface area contributed by atoms with Crippen molar-refractivity contribution < 1.29 is 0 Å². The predicted octanol–water partition coefficient (Wildman–Crippen LogP) is 1.69. The third kappa shape index (κ3) is 3.07. The molecule has 96 valence electrons. The van der Waals surface area contributed by atoms with Crippen molar-refractivity contribution in [3.8, 4) is 0 Å². The SMILES string of the molecule is Cc1ccsc1C(N)CC1CN(C)CCN1C. The van der Waals surface area contributed by atoms with E-state index < -0.39 is 0 Å². The van der Waals surface area contributed by atoms with E-state index in [-0.39, 0.29) is 6.04 Å². The third-order valence-electron chi connectivity index (χ3n) is 3.74. The molecular weight excluding hydrogens is 230 g/mol. The summed E-state index contributed by atoms with van der Waals surface area (Å²) in [5, 5.41) is 2.14. The van der Waals surface area contributed by atoms with Crippen LogP contribution in [0.2, 0.25) is 0 Å². The molecule has 1 aromatic rings. The van der Waals surface area contributed by atoms with Crippen LogP contribution in [-0.2, 0) is 0 Å². The van der Waals surface area contributed by atoms with Gasteiger partial charge >= 0.3 is 0 Å². The number of likely N-dealkylation sites (N-methyl/N-ethyl adjacent to an activating group) is 2. The molecule has 4 heteroatoms. The fraction of sp³-hybridized carbons (Fsp3) is 0.692. The van der Waals surface area contributed by atoms with Crippen LogP contribution < -0.4 is 5.73 Å². The zero-order valence-corrected chi connectivity index (χ0v) is 11.8. The second kappa shape index (κ2) is 5.48. The molecule has 1 aliphatic heterocycles. The van der Waals surface area contributed by atoms with E-state index in [0.29, 0.717) is 6.04 Å². The molecule has 0 saturated carbocycles. The first-order chi connectivity index (χ1) is 8.08. The minimum atomic E-state index is 0.189. The van der Waals surface area contributed by atoms with Crippen LogP contribution in [0.1, 0.15) is 22.9 Å². The maximum absolute atomic E-state index is 6.34. The lowest BCUT2D eigenvalue weighted by Crippen LogP contribution is -2.50. The van der Waals surface area contributed by atoms with Gasteiger partial charge in [-0.05, 0) is 44.4 Å². The molecule has 1 saturated heterocycles. The van der Waals surface area contributed by atoms with Crippen LogP contribution in [0.15, 0.2) is 11.4 Å². The summed E-state index contributed by atoms with van der Waals surface area (Å²) >= 11 is 1.79.